The van der Waals surface area contributed by atoms with Gasteiger partial charge in [-0.05, 0) is 24.6 Å². The lowest BCUT2D eigenvalue weighted by atomic mass is 10.0. The van der Waals surface area contributed by atoms with Gasteiger partial charge in [0.05, 0.1) is 70.4 Å². The highest BCUT2D eigenvalue weighted by molar-refractivity contribution is 6.23. The molecule has 37 heavy (non-hydrogen) atoms. The largest absolute Gasteiger partial charge is 0.481 e. The summed E-state index contributed by atoms with van der Waals surface area (Å²) in [6, 6.07) is 3.80. The maximum Gasteiger partial charge on any atom is 0.305 e. The van der Waals surface area contributed by atoms with Gasteiger partial charge in [0.2, 0.25) is 11.8 Å². The van der Waals surface area contributed by atoms with Crippen LogP contribution in [0.15, 0.2) is 18.2 Å². The number of hydrogen-bond acceptors (Lipinski definition) is 10. The predicted molar refractivity (Wildman–Crippen MR) is 127 cm³/mol. The van der Waals surface area contributed by atoms with Crippen LogP contribution in [0.2, 0.25) is 0 Å². The van der Waals surface area contributed by atoms with Crippen LogP contribution in [-0.2, 0) is 33.3 Å². The third-order valence-electron chi connectivity index (χ3n) is 5.59. The number of carbonyl (C=O) groups excluding carboxylic acids is 4. The molecule has 202 valence electrons. The van der Waals surface area contributed by atoms with Gasteiger partial charge in [0.1, 0.15) is 6.04 Å². The Hall–Kier alpha value is -3.39. The molecule has 2 aliphatic rings. The minimum atomic E-state index is -0.992. The van der Waals surface area contributed by atoms with Crippen molar-refractivity contribution < 1.29 is 48.0 Å². The Morgan fingerprint density at radius 1 is 0.892 bits per heavy atom. The van der Waals surface area contributed by atoms with Crippen LogP contribution in [0.4, 0.5) is 5.69 Å². The summed E-state index contributed by atoms with van der Waals surface area (Å²) >= 11 is 0. The smallest absolute Gasteiger partial charge is 0.305 e. The second-order valence-corrected chi connectivity index (χ2v) is 8.23. The summed E-state index contributed by atoms with van der Waals surface area (Å²) < 4.78 is 21.3. The Morgan fingerprint density at radius 3 is 2.11 bits per heavy atom. The first-order chi connectivity index (χ1) is 17.9. The van der Waals surface area contributed by atoms with Crippen LogP contribution in [0.1, 0.15) is 40.0 Å². The van der Waals surface area contributed by atoms with Crippen LogP contribution in [0.5, 0.6) is 0 Å². The molecule has 1 fully saturated rings. The Kier molecular flexibility index (Phi) is 11.0. The van der Waals surface area contributed by atoms with E-state index in [4.69, 9.17) is 24.1 Å². The Labute approximate surface area is 213 Å². The Bertz CT molecular complexity index is 999. The number of benzene rings is 1. The first kappa shape index (κ1) is 28.2. The summed E-state index contributed by atoms with van der Waals surface area (Å²) in [6.07, 6.45) is 0.154. The number of ether oxygens (including phenoxy) is 4. The number of hydrogen-bond donors (Lipinski definition) is 3. The molecule has 2 aliphatic heterocycles. The Balaban J connectivity index is 1.26. The standard InChI is InChI=1S/C24H31N3O10/c28-20-4-3-19(22(31)26-20)27-23(32)17-2-1-16(15-18(17)24(27)33)25-6-8-35-10-12-37-14-13-36-11-9-34-7-5-21(29)30/h1-2,15,19,25H,3-14H2,(H,29,30)(H,26,28,31). The fourth-order valence-corrected chi connectivity index (χ4v) is 3.77. The first-order valence-electron chi connectivity index (χ1n) is 12.0. The molecule has 0 aromatic heterocycles. The first-order valence-corrected chi connectivity index (χ1v) is 12.0. The molecule has 1 unspecified atom stereocenters. The zero-order valence-corrected chi connectivity index (χ0v) is 20.4. The lowest BCUT2D eigenvalue weighted by Crippen LogP contribution is -2.54. The number of fused-ring (bicyclic) bond motifs is 1. The summed E-state index contributed by atoms with van der Waals surface area (Å²) in [6.45, 7) is 3.28. The van der Waals surface area contributed by atoms with Crippen molar-refractivity contribution in [2.75, 3.05) is 64.7 Å². The van der Waals surface area contributed by atoms with Gasteiger partial charge in [0, 0.05) is 18.7 Å². The quantitative estimate of drug-likeness (QED) is 0.187. The van der Waals surface area contributed by atoms with Crippen molar-refractivity contribution in [2.24, 2.45) is 0 Å². The van der Waals surface area contributed by atoms with Gasteiger partial charge in [-0.15, -0.1) is 0 Å². The number of aliphatic carboxylic acids is 1. The van der Waals surface area contributed by atoms with E-state index in [-0.39, 0.29) is 37.0 Å². The zero-order chi connectivity index (χ0) is 26.6. The third kappa shape index (κ3) is 8.32. The summed E-state index contributed by atoms with van der Waals surface area (Å²) in [7, 11) is 0. The van der Waals surface area contributed by atoms with Gasteiger partial charge in [-0.1, -0.05) is 0 Å². The second-order valence-electron chi connectivity index (χ2n) is 8.23. The number of carbonyl (C=O) groups is 5. The molecule has 1 aromatic rings. The lowest BCUT2D eigenvalue weighted by Gasteiger charge is -2.27. The van der Waals surface area contributed by atoms with Gasteiger partial charge in [-0.25, -0.2) is 0 Å². The number of piperidine rings is 1. The lowest BCUT2D eigenvalue weighted by molar-refractivity contribution is -0.138. The number of rotatable bonds is 17. The van der Waals surface area contributed by atoms with Crippen LogP contribution < -0.4 is 10.6 Å². The van der Waals surface area contributed by atoms with Crippen molar-refractivity contribution in [1.29, 1.82) is 0 Å². The molecule has 13 nitrogen and oxygen atoms in total. The van der Waals surface area contributed by atoms with Crippen LogP contribution in [0.25, 0.3) is 0 Å². The van der Waals surface area contributed by atoms with Crippen molar-refractivity contribution in [3.63, 3.8) is 0 Å². The summed E-state index contributed by atoms with van der Waals surface area (Å²) in [5, 5.41) is 13.8. The van der Waals surface area contributed by atoms with Gasteiger partial charge < -0.3 is 29.4 Å². The molecule has 0 spiro atoms. The monoisotopic (exact) mass is 521 g/mol. The molecule has 13 heteroatoms. The van der Waals surface area contributed by atoms with E-state index in [1.54, 1.807) is 18.2 Å². The normalized spacial score (nSPS) is 17.2. The van der Waals surface area contributed by atoms with E-state index in [9.17, 15) is 24.0 Å². The molecule has 1 aromatic carbocycles. The highest BCUT2D eigenvalue weighted by Gasteiger charge is 2.44. The maximum absolute atomic E-state index is 12.8. The number of anilines is 1. The van der Waals surface area contributed by atoms with Gasteiger partial charge >= 0.3 is 5.97 Å². The predicted octanol–water partition coefficient (Wildman–Crippen LogP) is 0.0408. The summed E-state index contributed by atoms with van der Waals surface area (Å²) in [5.74, 6) is -3.05. The molecule has 3 N–H and O–H groups in total. The van der Waals surface area contributed by atoms with Crippen molar-refractivity contribution in [3.8, 4) is 0 Å². The minimum Gasteiger partial charge on any atom is -0.481 e. The van der Waals surface area contributed by atoms with E-state index in [1.165, 1.54) is 0 Å². The molecule has 0 aliphatic carbocycles. The molecule has 1 saturated heterocycles. The molecule has 0 radical (unpaired) electrons. The Morgan fingerprint density at radius 2 is 1.49 bits per heavy atom. The van der Waals surface area contributed by atoms with Crippen molar-refractivity contribution >= 4 is 35.3 Å². The fraction of sp³-hybridized carbons (Fsp3) is 0.542. The molecule has 3 rings (SSSR count). The van der Waals surface area contributed by atoms with Gasteiger partial charge in [0.15, 0.2) is 0 Å². The molecular weight excluding hydrogens is 490 g/mol. The number of imide groups is 2. The van der Waals surface area contributed by atoms with Crippen LogP contribution >= 0.6 is 0 Å². The van der Waals surface area contributed by atoms with Gasteiger partial charge in [0.25, 0.3) is 11.8 Å². The van der Waals surface area contributed by atoms with E-state index in [0.717, 1.165) is 4.90 Å². The summed E-state index contributed by atoms with van der Waals surface area (Å²) in [5.41, 5.74) is 1.07. The highest BCUT2D eigenvalue weighted by Crippen LogP contribution is 2.29. The van der Waals surface area contributed by atoms with Gasteiger partial charge in [-0.2, -0.15) is 0 Å². The fourth-order valence-electron chi connectivity index (χ4n) is 3.77. The highest BCUT2D eigenvalue weighted by atomic mass is 16.6. The van der Waals surface area contributed by atoms with Crippen LogP contribution in [0.3, 0.4) is 0 Å². The molecule has 0 saturated carbocycles. The number of nitrogens with zero attached hydrogens (tertiary/aromatic N) is 1. The molecule has 4 amide bonds. The second kappa shape index (κ2) is 14.4. The molecular formula is C24H31N3O10. The topological polar surface area (TPSA) is 170 Å². The van der Waals surface area contributed by atoms with E-state index in [1.807, 2.05) is 0 Å². The van der Waals surface area contributed by atoms with E-state index in [0.29, 0.717) is 58.5 Å². The third-order valence-corrected chi connectivity index (χ3v) is 5.59. The summed E-state index contributed by atoms with van der Waals surface area (Å²) in [4.78, 5) is 60.3. The van der Waals surface area contributed by atoms with Crippen molar-refractivity contribution in [1.82, 2.24) is 10.2 Å². The molecule has 1 atom stereocenters. The minimum absolute atomic E-state index is 0.0299. The maximum atomic E-state index is 12.8. The van der Waals surface area contributed by atoms with E-state index in [2.05, 4.69) is 10.6 Å². The number of nitrogens with one attached hydrogen (secondary N) is 2. The van der Waals surface area contributed by atoms with Gasteiger partial charge in [-0.3, -0.25) is 34.2 Å². The van der Waals surface area contributed by atoms with E-state index < -0.39 is 35.6 Å². The van der Waals surface area contributed by atoms with Crippen molar-refractivity contribution in [2.45, 2.75) is 25.3 Å². The number of carboxylic acid groups (broad SMARTS) is 1. The SMILES string of the molecule is O=C(O)CCOCCOCCOCCOCCNc1ccc2c(c1)C(=O)N(C1CCC(=O)NC1=O)C2=O. The molecule has 0 bridgehead atoms. The average Bonchev–Trinajstić information content (AvgIpc) is 3.11. The zero-order valence-electron chi connectivity index (χ0n) is 20.4. The van der Waals surface area contributed by atoms with Crippen molar-refractivity contribution in [3.05, 3.63) is 29.3 Å². The number of carboxylic acids is 1. The van der Waals surface area contributed by atoms with Crippen LogP contribution in [0, 0.1) is 0 Å². The molecule has 2 heterocycles. The number of amides is 4. The van der Waals surface area contributed by atoms with Crippen LogP contribution in [-0.4, -0.2) is 105 Å². The average molecular weight is 522 g/mol. The van der Waals surface area contributed by atoms with E-state index >= 15 is 0 Å².